The highest BCUT2D eigenvalue weighted by Crippen LogP contribution is 2.10. The van der Waals surface area contributed by atoms with Crippen molar-refractivity contribution < 1.29 is 9.53 Å². The van der Waals surface area contributed by atoms with Crippen molar-refractivity contribution in [3.05, 3.63) is 41.3 Å². The van der Waals surface area contributed by atoms with E-state index in [1.165, 1.54) is 0 Å². The van der Waals surface area contributed by atoms with Gasteiger partial charge in [0.1, 0.15) is 0 Å². The topological polar surface area (TPSA) is 81.1 Å². The zero-order chi connectivity index (χ0) is 16.8. The molecule has 0 aliphatic rings. The molecule has 0 aromatic carbocycles. The van der Waals surface area contributed by atoms with Crippen LogP contribution in [0.1, 0.15) is 23.9 Å². The number of urea groups is 1. The fourth-order valence-electron chi connectivity index (χ4n) is 2.26. The number of amides is 2. The molecule has 0 saturated heterocycles. The van der Waals surface area contributed by atoms with Gasteiger partial charge in [-0.2, -0.15) is 5.10 Å². The molecule has 2 amide bonds. The third kappa shape index (κ3) is 4.79. The second-order valence-electron chi connectivity index (χ2n) is 5.55. The molecule has 23 heavy (non-hydrogen) atoms. The van der Waals surface area contributed by atoms with Crippen molar-refractivity contribution in [2.75, 3.05) is 13.7 Å². The first-order valence-electron chi connectivity index (χ1n) is 7.51. The summed E-state index contributed by atoms with van der Waals surface area (Å²) in [6.45, 7) is 6.71. The van der Waals surface area contributed by atoms with Gasteiger partial charge in [0, 0.05) is 25.5 Å². The number of carbonyl (C=O) groups is 1. The summed E-state index contributed by atoms with van der Waals surface area (Å²) < 4.78 is 6.77. The third-order valence-electron chi connectivity index (χ3n) is 3.28. The summed E-state index contributed by atoms with van der Waals surface area (Å²) >= 11 is 0. The number of methoxy groups -OCH3 is 1. The largest absolute Gasteiger partial charge is 0.383 e. The molecule has 0 fully saturated rings. The van der Waals surface area contributed by atoms with Gasteiger partial charge in [-0.3, -0.25) is 0 Å². The summed E-state index contributed by atoms with van der Waals surface area (Å²) in [5.74, 6) is 0.762. The molecule has 0 bridgehead atoms. The number of aryl methyl sites for hydroxylation is 2. The van der Waals surface area contributed by atoms with Crippen molar-refractivity contribution >= 4 is 6.03 Å². The van der Waals surface area contributed by atoms with Crippen LogP contribution < -0.4 is 10.6 Å². The second kappa shape index (κ2) is 7.73. The van der Waals surface area contributed by atoms with Gasteiger partial charge in [0.15, 0.2) is 5.82 Å². The van der Waals surface area contributed by atoms with Gasteiger partial charge in [-0.25, -0.2) is 14.5 Å². The van der Waals surface area contributed by atoms with E-state index in [2.05, 4.69) is 20.7 Å². The smallest absolute Gasteiger partial charge is 0.315 e. The Morgan fingerprint density at radius 2 is 2.17 bits per heavy atom. The molecule has 2 rings (SSSR count). The number of hydrogen-bond donors (Lipinski definition) is 2. The normalized spacial score (nSPS) is 12.0. The second-order valence-corrected chi connectivity index (χ2v) is 5.55. The molecular weight excluding hydrogens is 294 g/mol. The molecule has 124 valence electrons. The lowest BCUT2D eigenvalue weighted by molar-refractivity contribution is 0.171. The maximum absolute atomic E-state index is 11.7. The minimum Gasteiger partial charge on any atom is -0.383 e. The monoisotopic (exact) mass is 317 g/mol. The summed E-state index contributed by atoms with van der Waals surface area (Å²) in [6, 6.07) is 5.56. The number of carbonyl (C=O) groups excluding carboxylic acids is 1. The van der Waals surface area contributed by atoms with Crippen LogP contribution in [-0.4, -0.2) is 40.6 Å². The van der Waals surface area contributed by atoms with E-state index in [1.807, 2.05) is 39.0 Å². The van der Waals surface area contributed by atoms with E-state index in [1.54, 1.807) is 18.0 Å². The van der Waals surface area contributed by atoms with Crippen LogP contribution in [0, 0.1) is 13.8 Å². The van der Waals surface area contributed by atoms with Crippen molar-refractivity contribution in [2.45, 2.75) is 33.4 Å². The van der Waals surface area contributed by atoms with Gasteiger partial charge in [0.2, 0.25) is 0 Å². The number of pyridine rings is 1. The number of hydrogen-bond acceptors (Lipinski definition) is 4. The fourth-order valence-corrected chi connectivity index (χ4v) is 2.26. The molecule has 0 aliphatic carbocycles. The third-order valence-corrected chi connectivity index (χ3v) is 3.28. The molecule has 0 aliphatic heterocycles. The van der Waals surface area contributed by atoms with Gasteiger partial charge in [-0.1, -0.05) is 6.07 Å². The van der Waals surface area contributed by atoms with Crippen LogP contribution in [0.15, 0.2) is 24.4 Å². The highest BCUT2D eigenvalue weighted by atomic mass is 16.5. The van der Waals surface area contributed by atoms with Gasteiger partial charge in [0.25, 0.3) is 0 Å². The number of rotatable bonds is 6. The van der Waals surface area contributed by atoms with E-state index in [4.69, 9.17) is 4.74 Å². The first kappa shape index (κ1) is 17.0. The standard InChI is InChI=1S/C16H23N5O2/c1-11-7-13(3)21(20-11)15-6-5-14(8-17-15)9-18-16(22)19-12(2)10-23-4/h5-8,12H,9-10H2,1-4H3,(H2,18,19,22)/t12-/m1/s1. The van der Waals surface area contributed by atoms with Crippen molar-refractivity contribution in [1.82, 2.24) is 25.4 Å². The van der Waals surface area contributed by atoms with Crippen LogP contribution in [0.5, 0.6) is 0 Å². The number of nitrogens with one attached hydrogen (secondary N) is 2. The van der Waals surface area contributed by atoms with E-state index in [0.29, 0.717) is 13.2 Å². The quantitative estimate of drug-likeness (QED) is 0.850. The minimum absolute atomic E-state index is 0.0356. The molecular formula is C16H23N5O2. The first-order chi connectivity index (χ1) is 11.0. The van der Waals surface area contributed by atoms with Gasteiger partial charge in [0.05, 0.1) is 18.3 Å². The Bertz CT molecular complexity index is 651. The molecule has 7 heteroatoms. The van der Waals surface area contributed by atoms with Crippen molar-refractivity contribution in [1.29, 1.82) is 0 Å². The molecule has 2 N–H and O–H groups in total. The van der Waals surface area contributed by atoms with Gasteiger partial charge in [-0.15, -0.1) is 0 Å². The van der Waals surface area contributed by atoms with Crippen LogP contribution in [0.25, 0.3) is 5.82 Å². The lowest BCUT2D eigenvalue weighted by atomic mass is 10.3. The molecule has 2 aromatic rings. The highest BCUT2D eigenvalue weighted by molar-refractivity contribution is 5.74. The summed E-state index contributed by atoms with van der Waals surface area (Å²) in [5.41, 5.74) is 2.91. The van der Waals surface area contributed by atoms with Crippen molar-refractivity contribution in [2.24, 2.45) is 0 Å². The lowest BCUT2D eigenvalue weighted by Gasteiger charge is -2.13. The average Bonchev–Trinajstić information content (AvgIpc) is 2.84. The maximum atomic E-state index is 11.7. The molecule has 2 heterocycles. The van der Waals surface area contributed by atoms with E-state index in [-0.39, 0.29) is 12.1 Å². The predicted octanol–water partition coefficient (Wildman–Crippen LogP) is 1.72. The molecule has 0 radical (unpaired) electrons. The molecule has 7 nitrogen and oxygen atoms in total. The van der Waals surface area contributed by atoms with Gasteiger partial charge < -0.3 is 15.4 Å². The number of ether oxygens (including phenoxy) is 1. The van der Waals surface area contributed by atoms with Crippen molar-refractivity contribution in [3.8, 4) is 5.82 Å². The predicted molar refractivity (Wildman–Crippen MR) is 87.5 cm³/mol. The first-order valence-corrected chi connectivity index (χ1v) is 7.51. The lowest BCUT2D eigenvalue weighted by Crippen LogP contribution is -2.42. The Hall–Kier alpha value is -2.41. The molecule has 1 atom stereocenters. The number of aromatic nitrogens is 3. The minimum atomic E-state index is -0.225. The van der Waals surface area contributed by atoms with Gasteiger partial charge >= 0.3 is 6.03 Å². The molecule has 0 unspecified atom stereocenters. The van der Waals surface area contributed by atoms with Crippen molar-refractivity contribution in [3.63, 3.8) is 0 Å². The maximum Gasteiger partial charge on any atom is 0.315 e. The number of nitrogens with zero attached hydrogens (tertiary/aromatic N) is 3. The van der Waals surface area contributed by atoms with Gasteiger partial charge in [-0.05, 0) is 38.5 Å². The highest BCUT2D eigenvalue weighted by Gasteiger charge is 2.07. The summed E-state index contributed by atoms with van der Waals surface area (Å²) in [5, 5.41) is 9.98. The Morgan fingerprint density at radius 1 is 1.39 bits per heavy atom. The molecule has 0 spiro atoms. The summed E-state index contributed by atoms with van der Waals surface area (Å²) in [4.78, 5) is 16.1. The summed E-state index contributed by atoms with van der Waals surface area (Å²) in [6.07, 6.45) is 1.74. The Labute approximate surface area is 136 Å². The SMILES string of the molecule is COC[C@@H](C)NC(=O)NCc1ccc(-n2nc(C)cc2C)nc1. The zero-order valence-corrected chi connectivity index (χ0v) is 14.0. The average molecular weight is 317 g/mol. The van der Waals surface area contributed by atoms with Crippen LogP contribution in [0.2, 0.25) is 0 Å². The Morgan fingerprint density at radius 3 is 2.74 bits per heavy atom. The Balaban J connectivity index is 1.90. The van der Waals surface area contributed by atoms with E-state index >= 15 is 0 Å². The van der Waals surface area contributed by atoms with E-state index < -0.39 is 0 Å². The van der Waals surface area contributed by atoms with E-state index in [0.717, 1.165) is 22.8 Å². The molecule has 2 aromatic heterocycles. The van der Waals surface area contributed by atoms with Crippen LogP contribution in [-0.2, 0) is 11.3 Å². The molecule has 0 saturated carbocycles. The van der Waals surface area contributed by atoms with Crippen LogP contribution >= 0.6 is 0 Å². The Kier molecular flexibility index (Phi) is 5.70. The van der Waals surface area contributed by atoms with Crippen LogP contribution in [0.3, 0.4) is 0 Å². The van der Waals surface area contributed by atoms with Crippen LogP contribution in [0.4, 0.5) is 4.79 Å². The fraction of sp³-hybridized carbons (Fsp3) is 0.438. The summed E-state index contributed by atoms with van der Waals surface area (Å²) in [7, 11) is 1.60. The van der Waals surface area contributed by atoms with E-state index in [9.17, 15) is 4.79 Å². The zero-order valence-electron chi connectivity index (χ0n) is 14.0.